The first-order valence-electron chi connectivity index (χ1n) is 7.31. The molecule has 1 heterocycles. The molecule has 0 fully saturated rings. The van der Waals surface area contributed by atoms with Crippen molar-refractivity contribution < 1.29 is 4.42 Å². The Bertz CT molecular complexity index is 1070. The monoisotopic (exact) mass is 306 g/mol. The van der Waals surface area contributed by atoms with Crippen LogP contribution in [0.15, 0.2) is 57.7 Å². The Morgan fingerprint density at radius 1 is 1.09 bits per heavy atom. The maximum absolute atomic E-state index is 12.0. The second-order valence-electron chi connectivity index (χ2n) is 5.54. The summed E-state index contributed by atoms with van der Waals surface area (Å²) in [5, 5.41) is 2.01. The van der Waals surface area contributed by atoms with Crippen molar-refractivity contribution in [3.05, 3.63) is 85.8 Å². The molecule has 4 heteroatoms. The van der Waals surface area contributed by atoms with E-state index in [1.54, 1.807) is 6.08 Å². The van der Waals surface area contributed by atoms with E-state index in [0.29, 0.717) is 10.9 Å². The van der Waals surface area contributed by atoms with Crippen LogP contribution in [0.3, 0.4) is 0 Å². The number of benzene rings is 2. The normalized spacial score (nSPS) is 13.2. The van der Waals surface area contributed by atoms with Crippen molar-refractivity contribution >= 4 is 18.3 Å². The van der Waals surface area contributed by atoms with E-state index in [0.717, 1.165) is 21.7 Å². The van der Waals surface area contributed by atoms with Gasteiger partial charge in [0.05, 0.1) is 0 Å². The summed E-state index contributed by atoms with van der Waals surface area (Å²) in [6, 6.07) is 15.5. The lowest BCUT2D eigenvalue weighted by molar-refractivity contribution is 0.489. The Kier molecular flexibility index (Phi) is 3.89. The molecule has 0 aliphatic rings. The van der Waals surface area contributed by atoms with Gasteiger partial charge in [0, 0.05) is 25.0 Å². The van der Waals surface area contributed by atoms with Crippen LogP contribution >= 0.6 is 0 Å². The standard InChI is InChI=1S/C19H18N2O2/c1-13-6-4-5-7-16(13)18-20-17(19(22)23-18)12-14-8-10-15(11-9-14)21(2)3/h4-12,20H,1H2,2-3H3/b17-12-,18-16?. The fourth-order valence-electron chi connectivity index (χ4n) is 2.34. The van der Waals surface area contributed by atoms with Gasteiger partial charge in [-0.05, 0) is 35.1 Å². The van der Waals surface area contributed by atoms with Crippen LogP contribution < -0.4 is 21.1 Å². The Morgan fingerprint density at radius 3 is 2.43 bits per heavy atom. The molecule has 1 N–H and O–H groups in total. The quantitative estimate of drug-likeness (QED) is 0.782. The van der Waals surface area contributed by atoms with Gasteiger partial charge in [0.2, 0.25) is 5.55 Å². The van der Waals surface area contributed by atoms with Crippen molar-refractivity contribution in [2.45, 2.75) is 0 Å². The predicted molar refractivity (Wildman–Crippen MR) is 92.6 cm³/mol. The van der Waals surface area contributed by atoms with Gasteiger partial charge in [-0.3, -0.25) is 0 Å². The van der Waals surface area contributed by atoms with E-state index >= 15 is 0 Å². The number of aromatic nitrogens is 1. The first kappa shape index (κ1) is 14.9. The van der Waals surface area contributed by atoms with Gasteiger partial charge in [0.25, 0.3) is 0 Å². The smallest absolute Gasteiger partial charge is 0.361 e. The molecule has 3 rings (SSSR count). The second-order valence-corrected chi connectivity index (χ2v) is 5.54. The van der Waals surface area contributed by atoms with Crippen LogP contribution in [0.1, 0.15) is 5.56 Å². The lowest BCUT2D eigenvalue weighted by Crippen LogP contribution is -2.20. The maximum atomic E-state index is 12.0. The van der Waals surface area contributed by atoms with Crippen molar-refractivity contribution in [1.29, 1.82) is 0 Å². The molecule has 0 unspecified atom stereocenters. The van der Waals surface area contributed by atoms with E-state index in [4.69, 9.17) is 4.42 Å². The molecule has 0 saturated heterocycles. The minimum absolute atomic E-state index is 0.389. The molecular weight excluding hydrogens is 288 g/mol. The highest BCUT2D eigenvalue weighted by Gasteiger charge is 1.99. The average Bonchev–Trinajstić information content (AvgIpc) is 2.89. The number of H-pyrrole nitrogens is 1. The fourth-order valence-corrected chi connectivity index (χ4v) is 2.34. The van der Waals surface area contributed by atoms with Crippen LogP contribution in [-0.4, -0.2) is 19.1 Å². The predicted octanol–water partition coefficient (Wildman–Crippen LogP) is 1.56. The Labute approximate surface area is 133 Å². The van der Waals surface area contributed by atoms with Gasteiger partial charge in [-0.25, -0.2) is 4.79 Å². The summed E-state index contributed by atoms with van der Waals surface area (Å²) in [6.07, 6.45) is 1.78. The van der Waals surface area contributed by atoms with Crippen LogP contribution in [0.4, 0.5) is 5.69 Å². The van der Waals surface area contributed by atoms with Gasteiger partial charge < -0.3 is 14.3 Å². The maximum Gasteiger partial charge on any atom is 0.361 e. The molecule has 0 amide bonds. The van der Waals surface area contributed by atoms with Crippen LogP contribution in [0.2, 0.25) is 0 Å². The molecule has 1 aromatic heterocycles. The lowest BCUT2D eigenvalue weighted by Gasteiger charge is -2.11. The van der Waals surface area contributed by atoms with Crippen LogP contribution in [-0.2, 0) is 0 Å². The molecule has 0 aliphatic carbocycles. The van der Waals surface area contributed by atoms with E-state index in [1.807, 2.05) is 67.5 Å². The van der Waals surface area contributed by atoms with Crippen molar-refractivity contribution in [2.75, 3.05) is 19.0 Å². The number of nitrogens with zero attached hydrogens (tertiary/aromatic N) is 1. The number of anilines is 1. The minimum Gasteiger partial charge on any atom is -0.404 e. The van der Waals surface area contributed by atoms with Gasteiger partial charge in [0.1, 0.15) is 5.35 Å². The van der Waals surface area contributed by atoms with Gasteiger partial charge in [0.15, 0.2) is 0 Å². The second kappa shape index (κ2) is 6.01. The van der Waals surface area contributed by atoms with Crippen molar-refractivity contribution in [3.8, 4) is 0 Å². The van der Waals surface area contributed by atoms with Gasteiger partial charge in [-0.15, -0.1) is 0 Å². The van der Waals surface area contributed by atoms with E-state index in [9.17, 15) is 4.79 Å². The largest absolute Gasteiger partial charge is 0.404 e. The summed E-state index contributed by atoms with van der Waals surface area (Å²) >= 11 is 0. The summed E-state index contributed by atoms with van der Waals surface area (Å²) in [5.74, 6) is 0. The molecule has 3 aromatic rings. The van der Waals surface area contributed by atoms with E-state index in [-0.39, 0.29) is 5.63 Å². The van der Waals surface area contributed by atoms with E-state index in [2.05, 4.69) is 11.6 Å². The molecule has 4 nitrogen and oxygen atoms in total. The van der Waals surface area contributed by atoms with Crippen LogP contribution in [0.5, 0.6) is 0 Å². The highest BCUT2D eigenvalue weighted by atomic mass is 16.4. The number of nitrogens with one attached hydrogen (secondary N) is 1. The molecule has 116 valence electrons. The number of aromatic amines is 1. The zero-order valence-electron chi connectivity index (χ0n) is 13.2. The Morgan fingerprint density at radius 2 is 1.78 bits per heavy atom. The fraction of sp³-hybridized carbons (Fsp3) is 0.105. The third kappa shape index (κ3) is 3.11. The molecule has 0 bridgehead atoms. The molecule has 0 atom stereocenters. The third-order valence-electron chi connectivity index (χ3n) is 3.65. The Balaban J connectivity index is 2.16. The number of hydrogen-bond donors (Lipinski definition) is 1. The lowest BCUT2D eigenvalue weighted by atomic mass is 10.2. The summed E-state index contributed by atoms with van der Waals surface area (Å²) in [7, 11) is 3.97. The van der Waals surface area contributed by atoms with E-state index in [1.165, 1.54) is 0 Å². The SMILES string of the molecule is C=c1ccccc1=c1[nH]/c(=C\c2ccc(N(C)C)cc2)c(=O)o1. The highest BCUT2D eigenvalue weighted by Crippen LogP contribution is 2.12. The van der Waals surface area contributed by atoms with Gasteiger partial charge in [-0.2, -0.15) is 0 Å². The third-order valence-corrected chi connectivity index (χ3v) is 3.65. The minimum atomic E-state index is -0.389. The summed E-state index contributed by atoms with van der Waals surface area (Å²) in [5.41, 5.74) is 2.07. The number of rotatable bonds is 2. The zero-order valence-corrected chi connectivity index (χ0v) is 13.2. The van der Waals surface area contributed by atoms with Crippen molar-refractivity contribution in [1.82, 2.24) is 4.98 Å². The Hall–Kier alpha value is -3.01. The first-order valence-corrected chi connectivity index (χ1v) is 7.31. The molecular formula is C19H18N2O2. The summed E-state index contributed by atoms with van der Waals surface area (Å²) in [4.78, 5) is 17.1. The van der Waals surface area contributed by atoms with Crippen molar-refractivity contribution in [3.63, 3.8) is 0 Å². The highest BCUT2D eigenvalue weighted by molar-refractivity contribution is 5.54. The van der Waals surface area contributed by atoms with Gasteiger partial charge >= 0.3 is 5.63 Å². The summed E-state index contributed by atoms with van der Waals surface area (Å²) < 4.78 is 5.33. The first-order chi connectivity index (χ1) is 11.0. The molecule has 0 saturated carbocycles. The topological polar surface area (TPSA) is 49.2 Å². The molecule has 0 spiro atoms. The molecule has 0 radical (unpaired) electrons. The number of hydrogen-bond acceptors (Lipinski definition) is 3. The van der Waals surface area contributed by atoms with Gasteiger partial charge in [-0.1, -0.05) is 36.9 Å². The van der Waals surface area contributed by atoms with Crippen molar-refractivity contribution in [2.24, 2.45) is 0 Å². The number of oxazole rings is 1. The average molecular weight is 306 g/mol. The van der Waals surface area contributed by atoms with E-state index < -0.39 is 0 Å². The molecule has 23 heavy (non-hydrogen) atoms. The summed E-state index contributed by atoms with van der Waals surface area (Å²) in [6.45, 7) is 3.95. The zero-order chi connectivity index (χ0) is 16.4. The molecule has 2 aromatic carbocycles. The molecule has 0 aliphatic heterocycles. The van der Waals surface area contributed by atoms with Crippen LogP contribution in [0.25, 0.3) is 12.7 Å². The van der Waals surface area contributed by atoms with Crippen LogP contribution in [0, 0.1) is 10.8 Å².